The summed E-state index contributed by atoms with van der Waals surface area (Å²) in [5, 5.41) is 14.0. The van der Waals surface area contributed by atoms with E-state index >= 15 is 0 Å². The lowest BCUT2D eigenvalue weighted by Crippen LogP contribution is -2.39. The summed E-state index contributed by atoms with van der Waals surface area (Å²) in [6.45, 7) is 4.24. The fourth-order valence-electron chi connectivity index (χ4n) is 2.74. The van der Waals surface area contributed by atoms with Gasteiger partial charge in [-0.15, -0.1) is 0 Å². The average molecular weight is 266 g/mol. The largest absolute Gasteiger partial charge is 0.374 e. The highest BCUT2D eigenvalue weighted by atomic mass is 19.1. The molecule has 0 saturated heterocycles. The molecular weight excluding hydrogens is 247 g/mol. The Hall–Kier alpha value is -1.65. The summed E-state index contributed by atoms with van der Waals surface area (Å²) in [6, 6.07) is 4.02. The van der Waals surface area contributed by atoms with Gasteiger partial charge in [0.25, 0.3) is 5.69 Å². The second-order valence-electron chi connectivity index (χ2n) is 5.82. The van der Waals surface area contributed by atoms with E-state index in [0.29, 0.717) is 0 Å². The van der Waals surface area contributed by atoms with E-state index in [1.165, 1.54) is 18.2 Å². The molecule has 0 amide bonds. The van der Waals surface area contributed by atoms with Gasteiger partial charge in [-0.25, -0.2) is 4.39 Å². The normalized spacial score (nSPS) is 21.9. The highest BCUT2D eigenvalue weighted by Gasteiger charge is 2.34. The minimum absolute atomic E-state index is 0.0208. The van der Waals surface area contributed by atoms with Crippen molar-refractivity contribution in [3.8, 4) is 0 Å². The Morgan fingerprint density at radius 2 is 2.16 bits per heavy atom. The highest BCUT2D eigenvalue weighted by Crippen LogP contribution is 2.39. The lowest BCUT2D eigenvalue weighted by Gasteiger charge is -2.39. The number of anilines is 1. The smallest absolute Gasteiger partial charge is 0.295 e. The summed E-state index contributed by atoms with van der Waals surface area (Å²) in [4.78, 5) is 10.4. The van der Waals surface area contributed by atoms with Gasteiger partial charge in [0.05, 0.1) is 4.92 Å². The number of benzene rings is 1. The van der Waals surface area contributed by atoms with Crippen molar-refractivity contribution >= 4 is 11.4 Å². The number of para-hydroxylation sites is 1. The Balaban J connectivity index is 2.30. The van der Waals surface area contributed by atoms with Crippen molar-refractivity contribution in [2.45, 2.75) is 45.6 Å². The molecule has 1 unspecified atom stereocenters. The maximum absolute atomic E-state index is 13.9. The second kappa shape index (κ2) is 5.15. The zero-order valence-electron chi connectivity index (χ0n) is 11.3. The van der Waals surface area contributed by atoms with Gasteiger partial charge in [-0.05, 0) is 24.3 Å². The first-order chi connectivity index (χ1) is 8.92. The summed E-state index contributed by atoms with van der Waals surface area (Å²) in [5.74, 6) is -0.560. The van der Waals surface area contributed by atoms with Gasteiger partial charge in [0.15, 0.2) is 5.82 Å². The zero-order chi connectivity index (χ0) is 14.0. The number of nitro groups is 1. The standard InChI is InChI=1S/C14H19FN2O2/c1-14(2)9-4-3-8-12(14)16-13-10(15)6-5-7-11(13)17(18)19/h5-7,12,16H,3-4,8-9H2,1-2H3. The summed E-state index contributed by atoms with van der Waals surface area (Å²) < 4.78 is 13.9. The molecule has 0 heterocycles. The molecule has 104 valence electrons. The lowest BCUT2D eigenvalue weighted by molar-refractivity contribution is -0.384. The predicted molar refractivity (Wildman–Crippen MR) is 72.7 cm³/mol. The Labute approximate surface area is 112 Å². The van der Waals surface area contributed by atoms with E-state index in [0.717, 1.165) is 25.7 Å². The van der Waals surface area contributed by atoms with Crippen molar-refractivity contribution in [2.24, 2.45) is 5.41 Å². The van der Waals surface area contributed by atoms with Crippen LogP contribution in [0.3, 0.4) is 0 Å². The number of nitrogens with zero attached hydrogens (tertiary/aromatic N) is 1. The van der Waals surface area contributed by atoms with Crippen molar-refractivity contribution in [1.82, 2.24) is 0 Å². The van der Waals surface area contributed by atoms with E-state index in [-0.39, 0.29) is 22.8 Å². The predicted octanol–water partition coefficient (Wildman–Crippen LogP) is 4.11. The van der Waals surface area contributed by atoms with Crippen molar-refractivity contribution < 1.29 is 9.31 Å². The molecule has 1 fully saturated rings. The van der Waals surface area contributed by atoms with Gasteiger partial charge in [0.1, 0.15) is 5.69 Å². The van der Waals surface area contributed by atoms with Gasteiger partial charge in [0.2, 0.25) is 0 Å². The molecule has 1 aliphatic rings. The van der Waals surface area contributed by atoms with Crippen molar-refractivity contribution in [3.05, 3.63) is 34.1 Å². The first-order valence-corrected chi connectivity index (χ1v) is 6.61. The van der Waals surface area contributed by atoms with E-state index in [4.69, 9.17) is 0 Å². The topological polar surface area (TPSA) is 55.2 Å². The van der Waals surface area contributed by atoms with Crippen molar-refractivity contribution in [2.75, 3.05) is 5.32 Å². The summed E-state index contributed by atoms with van der Waals surface area (Å²) in [6.07, 6.45) is 4.19. The van der Waals surface area contributed by atoms with Crippen LogP contribution in [0.5, 0.6) is 0 Å². The third-order valence-electron chi connectivity index (χ3n) is 4.01. The first kappa shape index (κ1) is 13.8. The van der Waals surface area contributed by atoms with Crippen LogP contribution >= 0.6 is 0 Å². The van der Waals surface area contributed by atoms with Crippen LogP contribution in [-0.2, 0) is 0 Å². The summed E-state index contributed by atoms with van der Waals surface area (Å²) in [5.41, 5.74) is -0.150. The monoisotopic (exact) mass is 266 g/mol. The van der Waals surface area contributed by atoms with E-state index in [9.17, 15) is 14.5 Å². The Morgan fingerprint density at radius 1 is 1.42 bits per heavy atom. The van der Waals surface area contributed by atoms with Crippen LogP contribution in [0.4, 0.5) is 15.8 Å². The van der Waals surface area contributed by atoms with Gasteiger partial charge in [-0.3, -0.25) is 10.1 Å². The first-order valence-electron chi connectivity index (χ1n) is 6.61. The SMILES string of the molecule is CC1(C)CCCCC1Nc1c(F)cccc1[N+](=O)[O-]. The maximum Gasteiger partial charge on any atom is 0.295 e. The molecule has 1 atom stereocenters. The number of nitro benzene ring substituents is 1. The van der Waals surface area contributed by atoms with Crippen LogP contribution in [0.2, 0.25) is 0 Å². The van der Waals surface area contributed by atoms with Gasteiger partial charge >= 0.3 is 0 Å². The van der Waals surface area contributed by atoms with Crippen LogP contribution < -0.4 is 5.32 Å². The molecule has 0 radical (unpaired) electrons. The number of halogens is 1. The summed E-state index contributed by atoms with van der Waals surface area (Å²) in [7, 11) is 0. The van der Waals surface area contributed by atoms with Gasteiger partial charge < -0.3 is 5.32 Å². The van der Waals surface area contributed by atoms with E-state index in [2.05, 4.69) is 19.2 Å². The Bertz CT molecular complexity index is 488. The average Bonchev–Trinajstić information content (AvgIpc) is 2.33. The fourth-order valence-corrected chi connectivity index (χ4v) is 2.74. The third kappa shape index (κ3) is 2.85. The highest BCUT2D eigenvalue weighted by molar-refractivity contribution is 5.62. The third-order valence-corrected chi connectivity index (χ3v) is 4.01. The molecule has 4 nitrogen and oxygen atoms in total. The van der Waals surface area contributed by atoms with Crippen LogP contribution in [0, 0.1) is 21.3 Å². The zero-order valence-corrected chi connectivity index (χ0v) is 11.3. The molecule has 1 saturated carbocycles. The van der Waals surface area contributed by atoms with Gasteiger partial charge in [-0.1, -0.05) is 32.8 Å². The molecule has 1 aromatic rings. The molecule has 19 heavy (non-hydrogen) atoms. The molecular formula is C14H19FN2O2. The van der Waals surface area contributed by atoms with Crippen LogP contribution in [0.1, 0.15) is 39.5 Å². The number of nitrogens with one attached hydrogen (secondary N) is 1. The van der Waals surface area contributed by atoms with E-state index in [1.54, 1.807) is 0 Å². The minimum atomic E-state index is -0.560. The number of hydrogen-bond donors (Lipinski definition) is 1. The molecule has 1 aliphatic carbocycles. The number of hydrogen-bond acceptors (Lipinski definition) is 3. The van der Waals surface area contributed by atoms with Gasteiger partial charge in [-0.2, -0.15) is 0 Å². The molecule has 1 aromatic carbocycles. The molecule has 1 N–H and O–H groups in total. The van der Waals surface area contributed by atoms with Crippen LogP contribution in [0.15, 0.2) is 18.2 Å². The van der Waals surface area contributed by atoms with Crippen LogP contribution in [-0.4, -0.2) is 11.0 Å². The van der Waals surface area contributed by atoms with Crippen molar-refractivity contribution in [1.29, 1.82) is 0 Å². The quantitative estimate of drug-likeness (QED) is 0.661. The van der Waals surface area contributed by atoms with Gasteiger partial charge in [0, 0.05) is 12.1 Å². The molecule has 0 aromatic heterocycles. The molecule has 2 rings (SSSR count). The fraction of sp³-hybridized carbons (Fsp3) is 0.571. The lowest BCUT2D eigenvalue weighted by atomic mass is 9.73. The molecule has 0 bridgehead atoms. The minimum Gasteiger partial charge on any atom is -0.374 e. The Morgan fingerprint density at radius 3 is 2.79 bits per heavy atom. The van der Waals surface area contributed by atoms with Crippen LogP contribution in [0.25, 0.3) is 0 Å². The molecule has 5 heteroatoms. The maximum atomic E-state index is 13.9. The Kier molecular flexibility index (Phi) is 3.73. The van der Waals surface area contributed by atoms with E-state index < -0.39 is 10.7 Å². The molecule has 0 aliphatic heterocycles. The summed E-state index contributed by atoms with van der Waals surface area (Å²) >= 11 is 0. The van der Waals surface area contributed by atoms with Crippen molar-refractivity contribution in [3.63, 3.8) is 0 Å². The van der Waals surface area contributed by atoms with E-state index in [1.807, 2.05) is 0 Å². The molecule has 0 spiro atoms. The number of rotatable bonds is 3. The second-order valence-corrected chi connectivity index (χ2v) is 5.82.